The highest BCUT2D eigenvalue weighted by molar-refractivity contribution is 5.26. The second kappa shape index (κ2) is 6.08. The first-order valence-electron chi connectivity index (χ1n) is 8.40. The van der Waals surface area contributed by atoms with Crippen LogP contribution in [-0.4, -0.2) is 30.8 Å². The minimum atomic E-state index is -0.437. The van der Waals surface area contributed by atoms with Crippen molar-refractivity contribution in [2.45, 2.75) is 30.8 Å². The standard InChI is InChI=1S/C20H23NO2/c1-21-14-12-20(13-15-21)22-18(16-8-4-2-5-9-16)19(23-20)17-10-6-3-7-11-17/h2-11,18-19H,12-15H2,1H3/t18-,19-/m0/s1. The van der Waals surface area contributed by atoms with E-state index in [2.05, 4.69) is 60.5 Å². The fraction of sp³-hybridized carbons (Fsp3) is 0.400. The molecule has 2 aliphatic heterocycles. The maximum absolute atomic E-state index is 6.54. The minimum absolute atomic E-state index is 0.0398. The van der Waals surface area contributed by atoms with Crippen LogP contribution in [0.5, 0.6) is 0 Å². The smallest absolute Gasteiger partial charge is 0.172 e. The van der Waals surface area contributed by atoms with Gasteiger partial charge >= 0.3 is 0 Å². The maximum atomic E-state index is 6.54. The summed E-state index contributed by atoms with van der Waals surface area (Å²) in [6.45, 7) is 2.03. The van der Waals surface area contributed by atoms with Gasteiger partial charge in [-0.3, -0.25) is 0 Å². The van der Waals surface area contributed by atoms with Crippen LogP contribution in [0.4, 0.5) is 0 Å². The molecule has 120 valence electrons. The van der Waals surface area contributed by atoms with Crippen LogP contribution in [0.3, 0.4) is 0 Å². The third-order valence-corrected chi connectivity index (χ3v) is 4.96. The summed E-state index contributed by atoms with van der Waals surface area (Å²) in [6.07, 6.45) is 1.77. The minimum Gasteiger partial charge on any atom is -0.339 e. The van der Waals surface area contributed by atoms with Gasteiger partial charge < -0.3 is 14.4 Å². The lowest BCUT2D eigenvalue weighted by Crippen LogP contribution is -2.43. The summed E-state index contributed by atoms with van der Waals surface area (Å²) in [5.41, 5.74) is 2.38. The Hall–Kier alpha value is -1.68. The summed E-state index contributed by atoms with van der Waals surface area (Å²) in [4.78, 5) is 2.34. The maximum Gasteiger partial charge on any atom is 0.172 e. The van der Waals surface area contributed by atoms with Gasteiger partial charge in [-0.1, -0.05) is 60.7 Å². The molecule has 0 amide bonds. The van der Waals surface area contributed by atoms with Gasteiger partial charge in [0.05, 0.1) is 0 Å². The highest BCUT2D eigenvalue weighted by Crippen LogP contribution is 2.50. The molecule has 3 heteroatoms. The molecule has 2 saturated heterocycles. The predicted molar refractivity (Wildman–Crippen MR) is 90.0 cm³/mol. The van der Waals surface area contributed by atoms with Crippen LogP contribution in [0.2, 0.25) is 0 Å². The normalized spacial score (nSPS) is 27.3. The Kier molecular flexibility index (Phi) is 3.93. The SMILES string of the molecule is CN1CCC2(CC1)O[C@@H](c1ccccc1)[C@H](c1ccccc1)O2. The third-order valence-electron chi connectivity index (χ3n) is 4.96. The second-order valence-electron chi connectivity index (χ2n) is 6.61. The van der Waals surface area contributed by atoms with E-state index in [0.717, 1.165) is 25.9 Å². The molecule has 2 aliphatic rings. The zero-order valence-electron chi connectivity index (χ0n) is 13.5. The van der Waals surface area contributed by atoms with Gasteiger partial charge in [-0.25, -0.2) is 0 Å². The highest BCUT2D eigenvalue weighted by Gasteiger charge is 2.49. The van der Waals surface area contributed by atoms with Gasteiger partial charge in [-0.05, 0) is 18.2 Å². The number of piperidine rings is 1. The monoisotopic (exact) mass is 309 g/mol. The molecular weight excluding hydrogens is 286 g/mol. The van der Waals surface area contributed by atoms with Crippen LogP contribution in [0, 0.1) is 0 Å². The molecule has 2 heterocycles. The van der Waals surface area contributed by atoms with Crippen LogP contribution in [0.1, 0.15) is 36.2 Å². The lowest BCUT2D eigenvalue weighted by Gasteiger charge is -2.36. The summed E-state index contributed by atoms with van der Waals surface area (Å²) in [6, 6.07) is 20.9. The number of likely N-dealkylation sites (tertiary alicyclic amines) is 1. The molecule has 0 aromatic heterocycles. The van der Waals surface area contributed by atoms with Crippen LogP contribution >= 0.6 is 0 Å². The average molecular weight is 309 g/mol. The number of benzene rings is 2. The van der Waals surface area contributed by atoms with Crippen LogP contribution in [0.25, 0.3) is 0 Å². The quantitative estimate of drug-likeness (QED) is 0.839. The Balaban J connectivity index is 1.67. The number of hydrogen-bond acceptors (Lipinski definition) is 3. The van der Waals surface area contributed by atoms with E-state index in [9.17, 15) is 0 Å². The molecule has 0 N–H and O–H groups in total. The number of rotatable bonds is 2. The summed E-state index contributed by atoms with van der Waals surface area (Å²) in [7, 11) is 2.16. The molecule has 0 bridgehead atoms. The fourth-order valence-corrected chi connectivity index (χ4v) is 3.58. The zero-order chi connectivity index (χ0) is 15.7. The van der Waals surface area contributed by atoms with Gasteiger partial charge in [-0.2, -0.15) is 0 Å². The largest absolute Gasteiger partial charge is 0.339 e. The van der Waals surface area contributed by atoms with Crippen molar-refractivity contribution in [2.75, 3.05) is 20.1 Å². The van der Waals surface area contributed by atoms with Gasteiger partial charge in [0.1, 0.15) is 12.2 Å². The van der Waals surface area contributed by atoms with Crippen LogP contribution in [-0.2, 0) is 9.47 Å². The molecule has 0 unspecified atom stereocenters. The molecular formula is C20H23NO2. The van der Waals surface area contributed by atoms with Gasteiger partial charge in [0.25, 0.3) is 0 Å². The van der Waals surface area contributed by atoms with E-state index < -0.39 is 5.79 Å². The molecule has 0 radical (unpaired) electrons. The first-order chi connectivity index (χ1) is 11.3. The Labute approximate surface area is 137 Å². The lowest BCUT2D eigenvalue weighted by molar-refractivity contribution is -0.201. The van der Waals surface area contributed by atoms with Crippen molar-refractivity contribution >= 4 is 0 Å². The van der Waals surface area contributed by atoms with Crippen molar-refractivity contribution in [2.24, 2.45) is 0 Å². The Morgan fingerprint density at radius 3 is 1.65 bits per heavy atom. The molecule has 2 aromatic rings. The fourth-order valence-electron chi connectivity index (χ4n) is 3.58. The number of nitrogens with zero attached hydrogens (tertiary/aromatic N) is 1. The van der Waals surface area contributed by atoms with Gasteiger partial charge in [0.15, 0.2) is 5.79 Å². The molecule has 2 atom stereocenters. The van der Waals surface area contributed by atoms with E-state index >= 15 is 0 Å². The Morgan fingerprint density at radius 1 is 0.783 bits per heavy atom. The predicted octanol–water partition coefficient (Wildman–Crippen LogP) is 3.94. The molecule has 1 spiro atoms. The summed E-state index contributed by atoms with van der Waals surface area (Å²) < 4.78 is 13.1. The first kappa shape index (κ1) is 14.9. The second-order valence-corrected chi connectivity index (χ2v) is 6.61. The van der Waals surface area contributed by atoms with Crippen molar-refractivity contribution in [1.29, 1.82) is 0 Å². The Morgan fingerprint density at radius 2 is 1.22 bits per heavy atom. The van der Waals surface area contributed by atoms with E-state index in [1.165, 1.54) is 11.1 Å². The van der Waals surface area contributed by atoms with E-state index in [1.54, 1.807) is 0 Å². The average Bonchev–Trinajstić information content (AvgIpc) is 2.99. The molecule has 3 nitrogen and oxygen atoms in total. The number of ether oxygens (including phenoxy) is 2. The molecule has 23 heavy (non-hydrogen) atoms. The van der Waals surface area contributed by atoms with Crippen molar-refractivity contribution in [3.63, 3.8) is 0 Å². The van der Waals surface area contributed by atoms with Gasteiger partial charge in [0, 0.05) is 25.9 Å². The summed E-state index contributed by atoms with van der Waals surface area (Å²) in [5, 5.41) is 0. The molecule has 2 fully saturated rings. The summed E-state index contributed by atoms with van der Waals surface area (Å²) in [5.74, 6) is -0.437. The Bertz CT molecular complexity index is 586. The zero-order valence-corrected chi connectivity index (χ0v) is 13.5. The van der Waals surface area contributed by atoms with Crippen molar-refractivity contribution in [1.82, 2.24) is 4.90 Å². The lowest BCUT2D eigenvalue weighted by atomic mass is 9.99. The van der Waals surface area contributed by atoms with Crippen molar-refractivity contribution in [3.05, 3.63) is 71.8 Å². The number of hydrogen-bond donors (Lipinski definition) is 0. The van der Waals surface area contributed by atoms with E-state index in [4.69, 9.17) is 9.47 Å². The van der Waals surface area contributed by atoms with Gasteiger partial charge in [0.2, 0.25) is 0 Å². The molecule has 0 aliphatic carbocycles. The summed E-state index contributed by atoms with van der Waals surface area (Å²) >= 11 is 0. The molecule has 0 saturated carbocycles. The van der Waals surface area contributed by atoms with Crippen molar-refractivity contribution < 1.29 is 9.47 Å². The molecule has 4 rings (SSSR count). The van der Waals surface area contributed by atoms with E-state index in [1.807, 2.05) is 12.1 Å². The van der Waals surface area contributed by atoms with Crippen LogP contribution in [0.15, 0.2) is 60.7 Å². The van der Waals surface area contributed by atoms with Crippen molar-refractivity contribution in [3.8, 4) is 0 Å². The first-order valence-corrected chi connectivity index (χ1v) is 8.40. The topological polar surface area (TPSA) is 21.7 Å². The van der Waals surface area contributed by atoms with E-state index in [0.29, 0.717) is 0 Å². The van der Waals surface area contributed by atoms with Gasteiger partial charge in [-0.15, -0.1) is 0 Å². The van der Waals surface area contributed by atoms with E-state index in [-0.39, 0.29) is 12.2 Å². The third kappa shape index (κ3) is 2.92. The highest BCUT2D eigenvalue weighted by atomic mass is 16.8. The molecule has 2 aromatic carbocycles. The van der Waals surface area contributed by atoms with Crippen LogP contribution < -0.4 is 0 Å².